The molecule has 0 amide bonds. The first-order valence-corrected chi connectivity index (χ1v) is 11.8. The number of aliphatic hydroxyl groups excluding tert-OH is 1. The second kappa shape index (κ2) is 7.77. The lowest BCUT2D eigenvalue weighted by Crippen LogP contribution is -2.20. The molecule has 24 heavy (non-hydrogen) atoms. The molecule has 4 heteroatoms. The molecule has 2 nitrogen and oxygen atoms in total. The highest BCUT2D eigenvalue weighted by molar-refractivity contribution is 7.98. The smallest absolute Gasteiger partial charge is 0.274 e. The molecule has 0 saturated carbocycles. The van der Waals surface area contributed by atoms with E-state index in [0.717, 1.165) is 22.4 Å². The fourth-order valence-corrected chi connectivity index (χ4v) is 3.69. The summed E-state index contributed by atoms with van der Waals surface area (Å²) >= 11 is 1.70. The van der Waals surface area contributed by atoms with Gasteiger partial charge in [-0.1, -0.05) is 51.1 Å². The third-order valence-electron chi connectivity index (χ3n) is 3.89. The monoisotopic (exact) mass is 359 g/mol. The van der Waals surface area contributed by atoms with Crippen LogP contribution in [0.5, 0.6) is 5.75 Å². The van der Waals surface area contributed by atoms with Gasteiger partial charge in [0, 0.05) is 10.5 Å². The summed E-state index contributed by atoms with van der Waals surface area (Å²) in [5.74, 6) is 0.852. The fraction of sp³-hybridized carbons (Fsp3) is 0.400. The van der Waals surface area contributed by atoms with Crippen LogP contribution >= 0.6 is 11.8 Å². The summed E-state index contributed by atoms with van der Waals surface area (Å²) in [4.78, 5) is 1.19. The van der Waals surface area contributed by atoms with Gasteiger partial charge in [-0.15, -0.1) is 11.8 Å². The number of thioether (sulfide) groups is 1. The van der Waals surface area contributed by atoms with Gasteiger partial charge >= 0.3 is 0 Å². The van der Waals surface area contributed by atoms with Crippen molar-refractivity contribution in [3.8, 4) is 5.75 Å². The third kappa shape index (κ3) is 4.44. The van der Waals surface area contributed by atoms with Gasteiger partial charge in [0.1, 0.15) is 11.9 Å². The van der Waals surface area contributed by atoms with Crippen molar-refractivity contribution in [1.82, 2.24) is 0 Å². The fourth-order valence-electron chi connectivity index (χ4n) is 2.64. The molecule has 0 bridgehead atoms. The van der Waals surface area contributed by atoms with E-state index < -0.39 is 15.1 Å². The zero-order valence-electron chi connectivity index (χ0n) is 15.4. The van der Waals surface area contributed by atoms with Crippen molar-refractivity contribution in [2.45, 2.75) is 50.3 Å². The van der Waals surface area contributed by atoms with Gasteiger partial charge in [0.15, 0.2) is 0 Å². The second-order valence-electron chi connectivity index (χ2n) is 7.16. The Bertz CT molecular complexity index is 675. The SMILES string of the molecule is CSc1ccc(C(O)c2cccc(C(C)(C)C)c2O[Si](C)C)cc1. The molecule has 0 heterocycles. The summed E-state index contributed by atoms with van der Waals surface area (Å²) < 4.78 is 6.23. The molecular weight excluding hydrogens is 332 g/mol. The van der Waals surface area contributed by atoms with Crippen molar-refractivity contribution in [3.63, 3.8) is 0 Å². The zero-order valence-corrected chi connectivity index (χ0v) is 17.2. The van der Waals surface area contributed by atoms with E-state index in [1.807, 2.05) is 36.4 Å². The molecule has 0 aliphatic heterocycles. The van der Waals surface area contributed by atoms with Gasteiger partial charge in [-0.25, -0.2) is 0 Å². The van der Waals surface area contributed by atoms with Gasteiger partial charge in [0.25, 0.3) is 9.04 Å². The summed E-state index contributed by atoms with van der Waals surface area (Å²) in [6.07, 6.45) is 1.37. The van der Waals surface area contributed by atoms with E-state index in [9.17, 15) is 5.11 Å². The first-order chi connectivity index (χ1) is 11.2. The molecule has 0 saturated heterocycles. The maximum absolute atomic E-state index is 11.0. The van der Waals surface area contributed by atoms with Gasteiger partial charge in [-0.2, -0.15) is 0 Å². The summed E-state index contributed by atoms with van der Waals surface area (Å²) in [5, 5.41) is 11.0. The molecule has 2 rings (SSSR count). The number of aliphatic hydroxyl groups is 1. The Kier molecular flexibility index (Phi) is 6.18. The van der Waals surface area contributed by atoms with Crippen LogP contribution in [-0.2, 0) is 5.41 Å². The third-order valence-corrected chi connectivity index (χ3v) is 5.24. The Morgan fingerprint density at radius 2 is 1.67 bits per heavy atom. The second-order valence-corrected chi connectivity index (χ2v) is 10.1. The van der Waals surface area contributed by atoms with Crippen molar-refractivity contribution in [3.05, 3.63) is 59.2 Å². The number of para-hydroxylation sites is 1. The minimum absolute atomic E-state index is 0.0366. The molecular formula is C20H27O2SSi. The Balaban J connectivity index is 2.51. The zero-order chi connectivity index (χ0) is 17.9. The van der Waals surface area contributed by atoms with E-state index in [2.05, 4.69) is 46.2 Å². The van der Waals surface area contributed by atoms with E-state index >= 15 is 0 Å². The van der Waals surface area contributed by atoms with Crippen LogP contribution < -0.4 is 4.43 Å². The summed E-state index contributed by atoms with van der Waals surface area (Å²) in [6.45, 7) is 10.8. The number of benzene rings is 2. The first-order valence-electron chi connectivity index (χ1n) is 8.17. The molecule has 1 unspecified atom stereocenters. The standard InChI is InChI=1S/C20H27O2SSi/c1-20(2,3)17-9-7-8-16(19(17)22-24(5)6)18(21)14-10-12-15(23-4)13-11-14/h7-13,18,21H,1-6H3. The van der Waals surface area contributed by atoms with E-state index in [0.29, 0.717) is 0 Å². The van der Waals surface area contributed by atoms with E-state index in [4.69, 9.17) is 4.43 Å². The van der Waals surface area contributed by atoms with Crippen LogP contribution in [0.1, 0.15) is 43.6 Å². The molecule has 0 fully saturated rings. The molecule has 0 aromatic heterocycles. The first kappa shape index (κ1) is 19.1. The van der Waals surface area contributed by atoms with Gasteiger partial charge in [-0.3, -0.25) is 0 Å². The molecule has 0 aliphatic rings. The van der Waals surface area contributed by atoms with Crippen molar-refractivity contribution in [1.29, 1.82) is 0 Å². The Morgan fingerprint density at radius 3 is 2.17 bits per heavy atom. The molecule has 0 spiro atoms. The van der Waals surface area contributed by atoms with Gasteiger partial charge < -0.3 is 9.53 Å². The summed E-state index contributed by atoms with van der Waals surface area (Å²) in [7, 11) is -0.930. The quantitative estimate of drug-likeness (QED) is 0.571. The van der Waals surface area contributed by atoms with E-state index in [-0.39, 0.29) is 5.41 Å². The topological polar surface area (TPSA) is 29.5 Å². The Labute approximate surface area is 152 Å². The van der Waals surface area contributed by atoms with Gasteiger partial charge in [-0.05, 0) is 48.0 Å². The maximum atomic E-state index is 11.0. The minimum Gasteiger partial charge on any atom is -0.542 e. The maximum Gasteiger partial charge on any atom is 0.274 e. The highest BCUT2D eigenvalue weighted by Gasteiger charge is 2.25. The molecule has 129 valence electrons. The average molecular weight is 360 g/mol. The summed E-state index contributed by atoms with van der Waals surface area (Å²) in [6, 6.07) is 14.2. The highest BCUT2D eigenvalue weighted by Crippen LogP contribution is 2.39. The number of hydrogen-bond acceptors (Lipinski definition) is 3. The molecule has 2 aromatic rings. The number of rotatable bonds is 5. The van der Waals surface area contributed by atoms with Crippen LogP contribution in [-0.4, -0.2) is 20.4 Å². The van der Waals surface area contributed by atoms with Crippen molar-refractivity contribution < 1.29 is 9.53 Å². The molecule has 0 aliphatic carbocycles. The molecule has 2 aromatic carbocycles. The van der Waals surface area contributed by atoms with Crippen molar-refractivity contribution >= 4 is 20.8 Å². The van der Waals surface area contributed by atoms with E-state index in [1.165, 1.54) is 4.90 Å². The predicted molar refractivity (Wildman–Crippen MR) is 106 cm³/mol. The van der Waals surface area contributed by atoms with Crippen LogP contribution in [0.3, 0.4) is 0 Å². The lowest BCUT2D eigenvalue weighted by molar-refractivity contribution is 0.217. The van der Waals surface area contributed by atoms with Gasteiger partial charge in [0.2, 0.25) is 0 Å². The lowest BCUT2D eigenvalue weighted by Gasteiger charge is -2.27. The molecule has 1 radical (unpaired) electrons. The predicted octanol–water partition coefficient (Wildman–Crippen LogP) is 5.42. The molecule has 1 atom stereocenters. The minimum atomic E-state index is -0.930. The van der Waals surface area contributed by atoms with Crippen LogP contribution in [0.4, 0.5) is 0 Å². The van der Waals surface area contributed by atoms with Crippen LogP contribution in [0, 0.1) is 0 Å². The van der Waals surface area contributed by atoms with E-state index in [1.54, 1.807) is 11.8 Å². The van der Waals surface area contributed by atoms with Crippen LogP contribution in [0.2, 0.25) is 13.1 Å². The average Bonchev–Trinajstić information content (AvgIpc) is 2.53. The van der Waals surface area contributed by atoms with Crippen LogP contribution in [0.25, 0.3) is 0 Å². The van der Waals surface area contributed by atoms with Crippen molar-refractivity contribution in [2.75, 3.05) is 6.26 Å². The lowest BCUT2D eigenvalue weighted by atomic mass is 9.84. The Hall–Kier alpha value is -1.23. The van der Waals surface area contributed by atoms with Crippen molar-refractivity contribution in [2.24, 2.45) is 0 Å². The summed E-state index contributed by atoms with van der Waals surface area (Å²) in [5.41, 5.74) is 2.85. The van der Waals surface area contributed by atoms with Crippen LogP contribution in [0.15, 0.2) is 47.4 Å². The molecule has 1 N–H and O–H groups in total. The van der Waals surface area contributed by atoms with Gasteiger partial charge in [0.05, 0.1) is 0 Å². The largest absolute Gasteiger partial charge is 0.542 e. The highest BCUT2D eigenvalue weighted by atomic mass is 32.2. The Morgan fingerprint density at radius 1 is 1.04 bits per heavy atom. The normalized spacial score (nSPS) is 13.2. The number of hydrogen-bond donors (Lipinski definition) is 1.